The van der Waals surface area contributed by atoms with E-state index in [4.69, 9.17) is 0 Å². The molecule has 0 radical (unpaired) electrons. The molecule has 1 aromatic carbocycles. The lowest BCUT2D eigenvalue weighted by molar-refractivity contribution is 0.167. The van der Waals surface area contributed by atoms with Crippen LogP contribution in [0.2, 0.25) is 0 Å². The Hall–Kier alpha value is -1.55. The first-order valence-electron chi connectivity index (χ1n) is 9.60. The lowest BCUT2D eigenvalue weighted by atomic mass is 9.87. The summed E-state index contributed by atoms with van der Waals surface area (Å²) in [5, 5.41) is 7.03. The minimum atomic E-state index is 0.203. The average molecular weight is 345 g/mol. The third-order valence-corrected chi connectivity index (χ3v) is 5.10. The number of rotatable bonds is 4. The van der Waals surface area contributed by atoms with Gasteiger partial charge in [0.1, 0.15) is 0 Å². The summed E-state index contributed by atoms with van der Waals surface area (Å²) in [5.74, 6) is 0.905. The van der Waals surface area contributed by atoms with Crippen LogP contribution in [0.15, 0.2) is 29.3 Å². The molecule has 4 nitrogen and oxygen atoms in total. The van der Waals surface area contributed by atoms with Crippen LogP contribution in [0.5, 0.6) is 0 Å². The van der Waals surface area contributed by atoms with Crippen LogP contribution >= 0.6 is 0 Å². The molecule has 1 heterocycles. The fourth-order valence-electron chi connectivity index (χ4n) is 3.26. The Morgan fingerprint density at radius 2 is 1.76 bits per heavy atom. The van der Waals surface area contributed by atoms with Gasteiger partial charge in [-0.25, -0.2) is 0 Å². The molecule has 0 bridgehead atoms. The van der Waals surface area contributed by atoms with Crippen molar-refractivity contribution in [3.8, 4) is 0 Å². The maximum Gasteiger partial charge on any atom is 0.191 e. The summed E-state index contributed by atoms with van der Waals surface area (Å²) in [6.07, 6.45) is 2.36. The summed E-state index contributed by atoms with van der Waals surface area (Å²) in [7, 11) is 1.85. The Morgan fingerprint density at radius 1 is 1.16 bits per heavy atom. The van der Waals surface area contributed by atoms with Gasteiger partial charge in [0, 0.05) is 38.8 Å². The van der Waals surface area contributed by atoms with Crippen molar-refractivity contribution in [1.82, 2.24) is 15.5 Å². The summed E-state index contributed by atoms with van der Waals surface area (Å²) in [6.45, 7) is 14.4. The van der Waals surface area contributed by atoms with Gasteiger partial charge in [-0.05, 0) is 43.2 Å². The van der Waals surface area contributed by atoms with Crippen LogP contribution < -0.4 is 10.6 Å². The smallest absolute Gasteiger partial charge is 0.191 e. The van der Waals surface area contributed by atoms with Crippen LogP contribution in [0.3, 0.4) is 0 Å². The third-order valence-electron chi connectivity index (χ3n) is 5.10. The van der Waals surface area contributed by atoms with Crippen molar-refractivity contribution in [3.05, 3.63) is 35.4 Å². The van der Waals surface area contributed by atoms with Crippen molar-refractivity contribution in [2.24, 2.45) is 4.99 Å². The number of benzene rings is 1. The second kappa shape index (κ2) is 8.70. The van der Waals surface area contributed by atoms with Crippen molar-refractivity contribution in [2.45, 2.75) is 71.5 Å². The first-order valence-corrected chi connectivity index (χ1v) is 9.60. The third kappa shape index (κ3) is 6.03. The molecule has 2 rings (SSSR count). The van der Waals surface area contributed by atoms with E-state index in [9.17, 15) is 0 Å². The molecule has 0 spiro atoms. The van der Waals surface area contributed by atoms with Crippen LogP contribution in [0.4, 0.5) is 0 Å². The summed E-state index contributed by atoms with van der Waals surface area (Å²) in [4.78, 5) is 6.94. The van der Waals surface area contributed by atoms with E-state index in [-0.39, 0.29) is 5.41 Å². The second-order valence-corrected chi connectivity index (χ2v) is 8.42. The minimum absolute atomic E-state index is 0.203. The molecule has 1 aliphatic heterocycles. The van der Waals surface area contributed by atoms with Gasteiger partial charge >= 0.3 is 0 Å². The molecule has 4 heteroatoms. The van der Waals surface area contributed by atoms with Gasteiger partial charge in [-0.2, -0.15) is 0 Å². The minimum Gasteiger partial charge on any atom is -0.354 e. The molecular formula is C21H36N4. The van der Waals surface area contributed by atoms with E-state index in [1.54, 1.807) is 0 Å². The number of likely N-dealkylation sites (tertiary alicyclic amines) is 1. The molecule has 0 saturated carbocycles. The molecule has 1 saturated heterocycles. The van der Waals surface area contributed by atoms with Crippen molar-refractivity contribution >= 4 is 5.96 Å². The zero-order chi connectivity index (χ0) is 18.4. The van der Waals surface area contributed by atoms with Gasteiger partial charge in [0.25, 0.3) is 0 Å². The van der Waals surface area contributed by atoms with E-state index < -0.39 is 0 Å². The van der Waals surface area contributed by atoms with E-state index in [0.717, 1.165) is 12.5 Å². The van der Waals surface area contributed by atoms with E-state index in [1.807, 2.05) is 7.05 Å². The van der Waals surface area contributed by atoms with Gasteiger partial charge in [0.05, 0.1) is 0 Å². The number of hydrogen-bond acceptors (Lipinski definition) is 2. The molecule has 0 atom stereocenters. The monoisotopic (exact) mass is 344 g/mol. The Morgan fingerprint density at radius 3 is 2.24 bits per heavy atom. The largest absolute Gasteiger partial charge is 0.354 e. The highest BCUT2D eigenvalue weighted by Gasteiger charge is 2.21. The number of piperidine rings is 1. The molecule has 2 N–H and O–H groups in total. The molecule has 140 valence electrons. The van der Waals surface area contributed by atoms with Crippen molar-refractivity contribution in [3.63, 3.8) is 0 Å². The number of nitrogens with one attached hydrogen (secondary N) is 2. The van der Waals surface area contributed by atoms with Gasteiger partial charge in [-0.1, -0.05) is 45.0 Å². The van der Waals surface area contributed by atoms with Crippen LogP contribution in [0.25, 0.3) is 0 Å². The highest BCUT2D eigenvalue weighted by Crippen LogP contribution is 2.22. The predicted octanol–water partition coefficient (Wildman–Crippen LogP) is 3.52. The Balaban J connectivity index is 1.81. The maximum atomic E-state index is 4.39. The van der Waals surface area contributed by atoms with Crippen LogP contribution in [0.1, 0.15) is 58.6 Å². The molecule has 0 unspecified atom stereocenters. The highest BCUT2D eigenvalue weighted by molar-refractivity contribution is 5.79. The van der Waals surface area contributed by atoms with Crippen LogP contribution in [-0.4, -0.2) is 43.1 Å². The fourth-order valence-corrected chi connectivity index (χ4v) is 3.26. The maximum absolute atomic E-state index is 4.39. The van der Waals surface area contributed by atoms with Crippen LogP contribution in [0, 0.1) is 0 Å². The zero-order valence-electron chi connectivity index (χ0n) is 16.9. The standard InChI is InChI=1S/C21H36N4/c1-16(2)25-13-11-19(12-14-25)24-20(22-6)23-15-17-7-9-18(10-8-17)21(3,4)5/h7-10,16,19H,11-15H2,1-6H3,(H2,22,23,24). The van der Waals surface area contributed by atoms with Crippen molar-refractivity contribution in [1.29, 1.82) is 0 Å². The first-order chi connectivity index (χ1) is 11.8. The second-order valence-electron chi connectivity index (χ2n) is 8.42. The number of hydrogen-bond donors (Lipinski definition) is 2. The quantitative estimate of drug-likeness (QED) is 0.648. The normalized spacial score (nSPS) is 17.8. The van der Waals surface area contributed by atoms with E-state index in [2.05, 4.69) is 79.4 Å². The van der Waals surface area contributed by atoms with E-state index in [1.165, 1.54) is 37.1 Å². The van der Waals surface area contributed by atoms with Gasteiger partial charge in [0.15, 0.2) is 5.96 Å². The number of aliphatic imine (C=N–C) groups is 1. The highest BCUT2D eigenvalue weighted by atomic mass is 15.2. The molecule has 1 aliphatic rings. The van der Waals surface area contributed by atoms with Gasteiger partial charge in [0.2, 0.25) is 0 Å². The molecule has 0 aromatic heterocycles. The van der Waals surface area contributed by atoms with Crippen molar-refractivity contribution in [2.75, 3.05) is 20.1 Å². The predicted molar refractivity (Wildman–Crippen MR) is 108 cm³/mol. The lowest BCUT2D eigenvalue weighted by Crippen LogP contribution is -2.49. The number of guanidine groups is 1. The first kappa shape index (κ1) is 19.8. The Labute approximate surface area is 154 Å². The van der Waals surface area contributed by atoms with Gasteiger partial charge in [-0.15, -0.1) is 0 Å². The molecule has 1 fully saturated rings. The van der Waals surface area contributed by atoms with Gasteiger partial charge < -0.3 is 15.5 Å². The van der Waals surface area contributed by atoms with E-state index >= 15 is 0 Å². The molecule has 0 amide bonds. The summed E-state index contributed by atoms with van der Waals surface area (Å²) in [5.41, 5.74) is 2.86. The molecule has 0 aliphatic carbocycles. The number of nitrogens with zero attached hydrogens (tertiary/aromatic N) is 2. The van der Waals surface area contributed by atoms with Crippen LogP contribution in [-0.2, 0) is 12.0 Å². The topological polar surface area (TPSA) is 39.7 Å². The van der Waals surface area contributed by atoms with Gasteiger partial charge in [-0.3, -0.25) is 4.99 Å². The lowest BCUT2D eigenvalue weighted by Gasteiger charge is -2.35. The molecular weight excluding hydrogens is 308 g/mol. The fraction of sp³-hybridized carbons (Fsp3) is 0.667. The summed E-state index contributed by atoms with van der Waals surface area (Å²) in [6, 6.07) is 10.0. The van der Waals surface area contributed by atoms with Crippen molar-refractivity contribution < 1.29 is 0 Å². The Bertz CT molecular complexity index is 546. The SMILES string of the molecule is CN=C(NCc1ccc(C(C)(C)C)cc1)NC1CCN(C(C)C)CC1. The van der Waals surface area contributed by atoms with E-state index in [0.29, 0.717) is 12.1 Å². The molecule has 1 aromatic rings. The Kier molecular flexibility index (Phi) is 6.88. The summed E-state index contributed by atoms with van der Waals surface area (Å²) < 4.78 is 0. The summed E-state index contributed by atoms with van der Waals surface area (Å²) >= 11 is 0. The zero-order valence-corrected chi connectivity index (χ0v) is 16.9. The average Bonchev–Trinajstić information content (AvgIpc) is 2.58. The molecule has 25 heavy (non-hydrogen) atoms.